The number of nitrogens with one attached hydrogen (secondary N) is 3. The van der Waals surface area contributed by atoms with Crippen LogP contribution >= 0.6 is 0 Å². The summed E-state index contributed by atoms with van der Waals surface area (Å²) in [6, 6.07) is 20.2. The SMILES string of the molecule is C=CCNC(=O)Nc1cc(C)c2nc(CCC)n(Cc3ccc(-c4ccccc4-c4nn[nH]n4)cc3)c2c1. The van der Waals surface area contributed by atoms with Crippen LogP contribution in [0.4, 0.5) is 10.5 Å². The Kier molecular flexibility index (Phi) is 7.26. The summed E-state index contributed by atoms with van der Waals surface area (Å²) in [5.74, 6) is 1.60. The van der Waals surface area contributed by atoms with Crippen LogP contribution in [0.3, 0.4) is 0 Å². The van der Waals surface area contributed by atoms with E-state index in [2.05, 4.69) is 79.7 Å². The maximum Gasteiger partial charge on any atom is 0.319 e. The first-order chi connectivity index (χ1) is 18.6. The Bertz CT molecular complexity index is 1570. The molecule has 0 atom stereocenters. The van der Waals surface area contributed by atoms with Crippen molar-refractivity contribution < 1.29 is 4.79 Å². The predicted molar refractivity (Wildman–Crippen MR) is 150 cm³/mol. The number of rotatable bonds is 9. The molecule has 0 aliphatic carbocycles. The standard InChI is InChI=1S/C29H30N8O/c1-4-8-26-32-27-19(3)16-22(31-29(38)30-15-5-2)17-25(27)37(26)18-20-11-13-21(14-12-20)23-9-6-7-10-24(23)28-33-35-36-34-28/h5-7,9-14,16-17H,2,4,8,15,18H2,1,3H3,(H2,30,31,38)(H,33,34,35,36). The number of aromatic amines is 1. The minimum absolute atomic E-state index is 0.264. The van der Waals surface area contributed by atoms with Crippen molar-refractivity contribution >= 4 is 22.8 Å². The highest BCUT2D eigenvalue weighted by molar-refractivity contribution is 5.93. The molecule has 0 saturated heterocycles. The molecule has 3 aromatic carbocycles. The summed E-state index contributed by atoms with van der Waals surface area (Å²) in [5.41, 5.74) is 7.90. The molecule has 2 aromatic heterocycles. The minimum Gasteiger partial charge on any atom is -0.334 e. The van der Waals surface area contributed by atoms with Crippen molar-refractivity contribution in [3.05, 3.63) is 90.3 Å². The summed E-state index contributed by atoms with van der Waals surface area (Å²) in [6.07, 6.45) is 3.51. The van der Waals surface area contributed by atoms with E-state index in [1.54, 1.807) is 6.08 Å². The van der Waals surface area contributed by atoms with E-state index in [1.165, 1.54) is 0 Å². The number of nitrogens with zero attached hydrogens (tertiary/aromatic N) is 5. The van der Waals surface area contributed by atoms with Gasteiger partial charge in [-0.25, -0.2) is 9.78 Å². The minimum atomic E-state index is -0.264. The predicted octanol–water partition coefficient (Wildman–Crippen LogP) is 5.50. The Morgan fingerprint density at radius 3 is 2.61 bits per heavy atom. The van der Waals surface area contributed by atoms with Crippen LogP contribution in [-0.2, 0) is 13.0 Å². The Balaban J connectivity index is 1.47. The topological polar surface area (TPSA) is 113 Å². The number of hydrogen-bond donors (Lipinski definition) is 3. The zero-order chi connectivity index (χ0) is 26.5. The molecule has 0 aliphatic heterocycles. The number of tetrazole rings is 1. The van der Waals surface area contributed by atoms with Gasteiger partial charge in [-0.1, -0.05) is 61.5 Å². The van der Waals surface area contributed by atoms with Gasteiger partial charge >= 0.3 is 6.03 Å². The number of fused-ring (bicyclic) bond motifs is 1. The third kappa shape index (κ3) is 5.17. The molecule has 0 fully saturated rings. The second kappa shape index (κ2) is 11.1. The van der Waals surface area contributed by atoms with Gasteiger partial charge in [-0.3, -0.25) is 0 Å². The van der Waals surface area contributed by atoms with E-state index in [-0.39, 0.29) is 6.03 Å². The summed E-state index contributed by atoms with van der Waals surface area (Å²) in [5, 5.41) is 20.2. The van der Waals surface area contributed by atoms with Gasteiger partial charge in [0.25, 0.3) is 0 Å². The smallest absolute Gasteiger partial charge is 0.319 e. The lowest BCUT2D eigenvalue weighted by molar-refractivity contribution is 0.253. The number of carbonyl (C=O) groups excluding carboxylic acids is 1. The number of benzene rings is 3. The molecule has 5 aromatic rings. The molecule has 0 saturated carbocycles. The fraction of sp³-hybridized carbons (Fsp3) is 0.207. The fourth-order valence-corrected chi connectivity index (χ4v) is 4.62. The third-order valence-corrected chi connectivity index (χ3v) is 6.38. The highest BCUT2D eigenvalue weighted by atomic mass is 16.2. The first-order valence-electron chi connectivity index (χ1n) is 12.6. The van der Waals surface area contributed by atoms with Crippen molar-refractivity contribution in [3.63, 3.8) is 0 Å². The van der Waals surface area contributed by atoms with Gasteiger partial charge in [0, 0.05) is 30.8 Å². The maximum atomic E-state index is 12.2. The zero-order valence-electron chi connectivity index (χ0n) is 21.5. The van der Waals surface area contributed by atoms with Crippen molar-refractivity contribution in [1.82, 2.24) is 35.5 Å². The molecular formula is C29H30N8O. The molecule has 5 rings (SSSR count). The molecule has 2 amide bonds. The van der Waals surface area contributed by atoms with Crippen molar-refractivity contribution in [2.45, 2.75) is 33.2 Å². The van der Waals surface area contributed by atoms with Crippen LogP contribution in [0.15, 0.2) is 73.3 Å². The summed E-state index contributed by atoms with van der Waals surface area (Å²) >= 11 is 0. The summed E-state index contributed by atoms with van der Waals surface area (Å²) < 4.78 is 2.25. The van der Waals surface area contributed by atoms with Crippen LogP contribution in [0.25, 0.3) is 33.5 Å². The maximum absolute atomic E-state index is 12.2. The second-order valence-corrected chi connectivity index (χ2v) is 9.13. The summed E-state index contributed by atoms with van der Waals surface area (Å²) in [4.78, 5) is 17.2. The number of urea groups is 1. The van der Waals surface area contributed by atoms with E-state index in [0.717, 1.165) is 63.2 Å². The Labute approximate surface area is 221 Å². The van der Waals surface area contributed by atoms with E-state index >= 15 is 0 Å². The number of imidazole rings is 1. The molecule has 0 bridgehead atoms. The van der Waals surface area contributed by atoms with Crippen molar-refractivity contribution in [2.75, 3.05) is 11.9 Å². The quantitative estimate of drug-likeness (QED) is 0.229. The van der Waals surface area contributed by atoms with Crippen LogP contribution in [-0.4, -0.2) is 42.8 Å². The van der Waals surface area contributed by atoms with E-state index < -0.39 is 0 Å². The van der Waals surface area contributed by atoms with E-state index in [4.69, 9.17) is 4.98 Å². The molecule has 0 unspecified atom stereocenters. The zero-order valence-corrected chi connectivity index (χ0v) is 21.5. The highest BCUT2D eigenvalue weighted by Gasteiger charge is 2.15. The van der Waals surface area contributed by atoms with Gasteiger partial charge in [-0.05, 0) is 52.9 Å². The van der Waals surface area contributed by atoms with Crippen LogP contribution in [0.5, 0.6) is 0 Å². The lowest BCUT2D eigenvalue weighted by atomic mass is 9.98. The number of amides is 2. The van der Waals surface area contributed by atoms with Crippen LogP contribution in [0.1, 0.15) is 30.3 Å². The molecule has 9 nitrogen and oxygen atoms in total. The molecule has 192 valence electrons. The first-order valence-corrected chi connectivity index (χ1v) is 12.6. The van der Waals surface area contributed by atoms with Gasteiger partial charge in [-0.2, -0.15) is 5.21 Å². The number of H-pyrrole nitrogens is 1. The molecule has 0 spiro atoms. The Morgan fingerprint density at radius 1 is 1.11 bits per heavy atom. The number of carbonyl (C=O) groups is 1. The summed E-state index contributed by atoms with van der Waals surface area (Å²) in [6.45, 7) is 8.90. The number of anilines is 1. The van der Waals surface area contributed by atoms with Crippen molar-refractivity contribution in [2.24, 2.45) is 0 Å². The van der Waals surface area contributed by atoms with Crippen molar-refractivity contribution in [1.29, 1.82) is 0 Å². The normalized spacial score (nSPS) is 11.0. The molecule has 0 aliphatic rings. The van der Waals surface area contributed by atoms with Gasteiger partial charge < -0.3 is 15.2 Å². The molecule has 2 heterocycles. The average molecular weight is 507 g/mol. The first kappa shape index (κ1) is 24.9. The van der Waals surface area contributed by atoms with Crippen LogP contribution in [0, 0.1) is 6.92 Å². The van der Waals surface area contributed by atoms with E-state index in [0.29, 0.717) is 18.9 Å². The third-order valence-electron chi connectivity index (χ3n) is 6.38. The van der Waals surface area contributed by atoms with Crippen LogP contribution in [0.2, 0.25) is 0 Å². The Morgan fingerprint density at radius 2 is 1.89 bits per heavy atom. The van der Waals surface area contributed by atoms with E-state index in [1.807, 2.05) is 37.3 Å². The number of hydrogen-bond acceptors (Lipinski definition) is 5. The summed E-state index contributed by atoms with van der Waals surface area (Å²) in [7, 11) is 0. The van der Waals surface area contributed by atoms with Crippen LogP contribution < -0.4 is 10.6 Å². The molecule has 9 heteroatoms. The van der Waals surface area contributed by atoms with Gasteiger partial charge in [0.15, 0.2) is 0 Å². The molecule has 3 N–H and O–H groups in total. The molecule has 0 radical (unpaired) electrons. The van der Waals surface area contributed by atoms with Gasteiger partial charge in [0.2, 0.25) is 5.82 Å². The number of aromatic nitrogens is 6. The monoisotopic (exact) mass is 506 g/mol. The molecular weight excluding hydrogens is 476 g/mol. The van der Waals surface area contributed by atoms with Crippen molar-refractivity contribution in [3.8, 4) is 22.5 Å². The van der Waals surface area contributed by atoms with Gasteiger partial charge in [-0.15, -0.1) is 16.8 Å². The highest BCUT2D eigenvalue weighted by Crippen LogP contribution is 2.31. The Hall–Kier alpha value is -4.79. The van der Waals surface area contributed by atoms with Gasteiger partial charge in [0.05, 0.1) is 11.0 Å². The second-order valence-electron chi connectivity index (χ2n) is 9.13. The fourth-order valence-electron chi connectivity index (χ4n) is 4.62. The number of aryl methyl sites for hydroxylation is 2. The lowest BCUT2D eigenvalue weighted by Crippen LogP contribution is -2.28. The van der Waals surface area contributed by atoms with Gasteiger partial charge in [0.1, 0.15) is 5.82 Å². The average Bonchev–Trinajstić information content (AvgIpc) is 3.58. The molecule has 38 heavy (non-hydrogen) atoms. The lowest BCUT2D eigenvalue weighted by Gasteiger charge is -2.12. The largest absolute Gasteiger partial charge is 0.334 e. The van der Waals surface area contributed by atoms with E-state index in [9.17, 15) is 4.79 Å².